The highest BCUT2D eigenvalue weighted by atomic mass is 19.2. The zero-order valence-electron chi connectivity index (χ0n) is 11.9. The van der Waals surface area contributed by atoms with Gasteiger partial charge in [-0.1, -0.05) is 6.07 Å². The third kappa shape index (κ3) is 3.07. The van der Waals surface area contributed by atoms with Crippen molar-refractivity contribution in [2.45, 2.75) is 44.2 Å². The molecule has 3 nitrogen and oxygen atoms in total. The number of carbonyl (C=O) groups excluding carboxylic acids is 1. The molecule has 3 rings (SSSR count). The maximum absolute atomic E-state index is 13.3. The lowest BCUT2D eigenvalue weighted by Gasteiger charge is -2.26. The Morgan fingerprint density at radius 1 is 1.19 bits per heavy atom. The Kier molecular flexibility index (Phi) is 3.93. The molecule has 0 N–H and O–H groups in total. The van der Waals surface area contributed by atoms with Crippen LogP contribution in [0.15, 0.2) is 18.2 Å². The molecular weight excluding hydrogens is 276 g/mol. The van der Waals surface area contributed by atoms with Crippen molar-refractivity contribution >= 4 is 5.91 Å². The molecule has 0 unspecified atom stereocenters. The van der Waals surface area contributed by atoms with E-state index < -0.39 is 11.6 Å². The van der Waals surface area contributed by atoms with Gasteiger partial charge in [0.1, 0.15) is 0 Å². The summed E-state index contributed by atoms with van der Waals surface area (Å²) in [5.74, 6) is -1.67. The second-order valence-corrected chi connectivity index (χ2v) is 5.95. The van der Waals surface area contributed by atoms with Gasteiger partial charge in [0, 0.05) is 26.1 Å². The van der Waals surface area contributed by atoms with Gasteiger partial charge in [-0.05, 0) is 43.4 Å². The van der Waals surface area contributed by atoms with E-state index in [1.54, 1.807) is 4.90 Å². The molecule has 0 aromatic heterocycles. The zero-order chi connectivity index (χ0) is 14.9. The topological polar surface area (TPSA) is 29.5 Å². The Balaban J connectivity index is 1.69. The van der Waals surface area contributed by atoms with Crippen LogP contribution in [0.1, 0.15) is 37.7 Å². The van der Waals surface area contributed by atoms with E-state index in [1.165, 1.54) is 6.07 Å². The summed E-state index contributed by atoms with van der Waals surface area (Å²) in [6.45, 7) is 1.71. The molecule has 2 heterocycles. The molecule has 2 saturated heterocycles. The van der Waals surface area contributed by atoms with Gasteiger partial charge < -0.3 is 9.64 Å². The van der Waals surface area contributed by atoms with Gasteiger partial charge >= 0.3 is 0 Å². The number of likely N-dealkylation sites (tertiary alicyclic amines) is 1. The van der Waals surface area contributed by atoms with E-state index in [0.29, 0.717) is 25.1 Å². The van der Waals surface area contributed by atoms with Crippen molar-refractivity contribution < 1.29 is 18.3 Å². The summed E-state index contributed by atoms with van der Waals surface area (Å²) in [5.41, 5.74) is 0.476. The van der Waals surface area contributed by atoms with Crippen LogP contribution in [0.3, 0.4) is 0 Å². The zero-order valence-corrected chi connectivity index (χ0v) is 11.9. The molecule has 114 valence electrons. The third-order valence-corrected chi connectivity index (χ3v) is 4.53. The number of hydrogen-bond donors (Lipinski definition) is 0. The molecule has 2 aliphatic rings. The molecule has 0 bridgehead atoms. The Morgan fingerprint density at radius 2 is 2.05 bits per heavy atom. The normalized spacial score (nSPS) is 26.4. The standard InChI is InChI=1S/C16H19F2NO2/c17-13-3-2-12(10-14(13)18)11-19-8-7-16(5-1-9-21-16)6-4-15(19)20/h2-3,10H,1,4-9,11H2/t16-/m0/s1. The molecule has 5 heteroatoms. The van der Waals surface area contributed by atoms with Crippen LogP contribution in [0.2, 0.25) is 0 Å². The van der Waals surface area contributed by atoms with E-state index in [0.717, 1.165) is 44.4 Å². The van der Waals surface area contributed by atoms with E-state index in [4.69, 9.17) is 4.74 Å². The van der Waals surface area contributed by atoms with Gasteiger partial charge in [0.05, 0.1) is 5.60 Å². The Labute approximate surface area is 122 Å². The minimum absolute atomic E-state index is 0.0621. The first-order chi connectivity index (χ1) is 10.1. The highest BCUT2D eigenvalue weighted by Crippen LogP contribution is 2.36. The highest BCUT2D eigenvalue weighted by molar-refractivity contribution is 5.76. The number of carbonyl (C=O) groups is 1. The molecule has 1 aromatic carbocycles. The van der Waals surface area contributed by atoms with Crippen LogP contribution in [0.25, 0.3) is 0 Å². The molecular formula is C16H19F2NO2. The molecule has 1 spiro atoms. The molecule has 1 aromatic rings. The number of ether oxygens (including phenoxy) is 1. The average Bonchev–Trinajstić information content (AvgIpc) is 2.88. The summed E-state index contributed by atoms with van der Waals surface area (Å²) in [6, 6.07) is 3.79. The van der Waals surface area contributed by atoms with Gasteiger partial charge in [-0.3, -0.25) is 4.79 Å². The van der Waals surface area contributed by atoms with Crippen LogP contribution in [0, 0.1) is 11.6 Å². The van der Waals surface area contributed by atoms with Crippen LogP contribution >= 0.6 is 0 Å². The number of hydrogen-bond acceptors (Lipinski definition) is 2. The highest BCUT2D eigenvalue weighted by Gasteiger charge is 2.38. The monoisotopic (exact) mass is 295 g/mol. The SMILES string of the molecule is O=C1CC[C@@]2(CCCO2)CCN1Cc1ccc(F)c(F)c1. The second kappa shape index (κ2) is 5.72. The number of amides is 1. The van der Waals surface area contributed by atoms with Crippen LogP contribution in [-0.4, -0.2) is 29.6 Å². The number of benzene rings is 1. The molecule has 1 atom stereocenters. The smallest absolute Gasteiger partial charge is 0.222 e. The second-order valence-electron chi connectivity index (χ2n) is 5.95. The van der Waals surface area contributed by atoms with Gasteiger partial charge in [0.15, 0.2) is 11.6 Å². The van der Waals surface area contributed by atoms with Crippen molar-refractivity contribution in [1.29, 1.82) is 0 Å². The lowest BCUT2D eigenvalue weighted by atomic mass is 9.92. The fourth-order valence-corrected chi connectivity index (χ4v) is 3.26. The molecule has 2 aliphatic heterocycles. The summed E-state index contributed by atoms with van der Waals surface area (Å²) in [6.07, 6.45) is 4.11. The summed E-state index contributed by atoms with van der Waals surface area (Å²) in [4.78, 5) is 13.9. The van der Waals surface area contributed by atoms with Gasteiger partial charge in [-0.15, -0.1) is 0 Å². The quantitative estimate of drug-likeness (QED) is 0.839. The minimum atomic E-state index is -0.870. The van der Waals surface area contributed by atoms with Crippen LogP contribution < -0.4 is 0 Å². The summed E-state index contributed by atoms with van der Waals surface area (Å²) >= 11 is 0. The molecule has 0 saturated carbocycles. The van der Waals surface area contributed by atoms with E-state index in [9.17, 15) is 13.6 Å². The van der Waals surface area contributed by atoms with Crippen molar-refractivity contribution in [1.82, 2.24) is 4.90 Å². The maximum atomic E-state index is 13.3. The third-order valence-electron chi connectivity index (χ3n) is 4.53. The Hall–Kier alpha value is -1.49. The first kappa shape index (κ1) is 14.4. The molecule has 21 heavy (non-hydrogen) atoms. The first-order valence-electron chi connectivity index (χ1n) is 7.44. The maximum Gasteiger partial charge on any atom is 0.222 e. The number of rotatable bonds is 2. The first-order valence-corrected chi connectivity index (χ1v) is 7.44. The van der Waals surface area contributed by atoms with Crippen LogP contribution in [0.4, 0.5) is 8.78 Å². The van der Waals surface area contributed by atoms with E-state index >= 15 is 0 Å². The predicted octanol–water partition coefficient (Wildman–Crippen LogP) is 3.03. The van der Waals surface area contributed by atoms with Crippen molar-refractivity contribution in [3.8, 4) is 0 Å². The van der Waals surface area contributed by atoms with E-state index in [2.05, 4.69) is 0 Å². The van der Waals surface area contributed by atoms with Crippen molar-refractivity contribution in [2.24, 2.45) is 0 Å². The van der Waals surface area contributed by atoms with Gasteiger partial charge in [0.2, 0.25) is 5.91 Å². The van der Waals surface area contributed by atoms with Crippen molar-refractivity contribution in [3.63, 3.8) is 0 Å². The Bertz CT molecular complexity index is 541. The van der Waals surface area contributed by atoms with Crippen molar-refractivity contribution in [2.75, 3.05) is 13.2 Å². The average molecular weight is 295 g/mol. The fourth-order valence-electron chi connectivity index (χ4n) is 3.26. The van der Waals surface area contributed by atoms with Crippen molar-refractivity contribution in [3.05, 3.63) is 35.4 Å². The summed E-state index contributed by atoms with van der Waals surface area (Å²) in [7, 11) is 0. The largest absolute Gasteiger partial charge is 0.375 e. The van der Waals surface area contributed by atoms with E-state index in [-0.39, 0.29) is 11.5 Å². The van der Waals surface area contributed by atoms with Gasteiger partial charge in [-0.2, -0.15) is 0 Å². The number of nitrogens with zero attached hydrogens (tertiary/aromatic N) is 1. The molecule has 2 fully saturated rings. The number of halogens is 2. The lowest BCUT2D eigenvalue weighted by Crippen LogP contribution is -2.32. The molecule has 1 amide bonds. The Morgan fingerprint density at radius 3 is 2.76 bits per heavy atom. The molecule has 0 radical (unpaired) electrons. The van der Waals surface area contributed by atoms with Crippen LogP contribution in [-0.2, 0) is 16.1 Å². The lowest BCUT2D eigenvalue weighted by molar-refractivity contribution is -0.131. The van der Waals surface area contributed by atoms with E-state index in [1.807, 2.05) is 0 Å². The molecule has 0 aliphatic carbocycles. The fraction of sp³-hybridized carbons (Fsp3) is 0.562. The summed E-state index contributed by atoms with van der Waals surface area (Å²) in [5, 5.41) is 0. The summed E-state index contributed by atoms with van der Waals surface area (Å²) < 4.78 is 32.1. The van der Waals surface area contributed by atoms with Gasteiger partial charge in [-0.25, -0.2) is 8.78 Å². The minimum Gasteiger partial charge on any atom is -0.375 e. The predicted molar refractivity (Wildman–Crippen MR) is 73.5 cm³/mol. The van der Waals surface area contributed by atoms with Gasteiger partial charge in [0.25, 0.3) is 0 Å². The van der Waals surface area contributed by atoms with Crippen LogP contribution in [0.5, 0.6) is 0 Å².